The number of guanidine groups is 1. The maximum absolute atomic E-state index is 4.44. The molecule has 21 heavy (non-hydrogen) atoms. The van der Waals surface area contributed by atoms with Crippen LogP contribution in [0, 0.1) is 12.8 Å². The molecule has 118 valence electrons. The highest BCUT2D eigenvalue weighted by Crippen LogP contribution is 2.31. The monoisotopic (exact) mass is 404 g/mol. The summed E-state index contributed by atoms with van der Waals surface area (Å²) in [4.78, 5) is 8.75. The normalized spacial score (nSPS) is 21.4. The number of hydrogen-bond acceptors (Lipinski definition) is 3. The van der Waals surface area contributed by atoms with Crippen molar-refractivity contribution in [1.29, 1.82) is 0 Å². The van der Waals surface area contributed by atoms with Gasteiger partial charge in [-0.3, -0.25) is 4.99 Å². The average molecular weight is 404 g/mol. The topological polar surface area (TPSA) is 67.1 Å². The lowest BCUT2D eigenvalue weighted by molar-refractivity contribution is 0.392. The minimum absolute atomic E-state index is 0. The first-order valence-electron chi connectivity index (χ1n) is 7.62. The van der Waals surface area contributed by atoms with Gasteiger partial charge in [-0.15, -0.1) is 24.0 Å². The highest BCUT2D eigenvalue weighted by atomic mass is 127. The van der Waals surface area contributed by atoms with Gasteiger partial charge in [0.1, 0.15) is 11.6 Å². The van der Waals surface area contributed by atoms with E-state index in [1.165, 1.54) is 19.3 Å². The smallest absolute Gasteiger partial charge is 0.191 e. The first-order valence-corrected chi connectivity index (χ1v) is 7.62. The van der Waals surface area contributed by atoms with E-state index < -0.39 is 0 Å². The molecule has 0 bridgehead atoms. The van der Waals surface area contributed by atoms with Crippen molar-refractivity contribution in [3.05, 3.63) is 11.6 Å². The van der Waals surface area contributed by atoms with Crippen LogP contribution in [0.15, 0.2) is 4.99 Å². The molecular formula is C14H25IN6. The second-order valence-corrected chi connectivity index (χ2v) is 5.87. The van der Waals surface area contributed by atoms with Gasteiger partial charge < -0.3 is 10.6 Å². The number of hydrogen-bond donors (Lipinski definition) is 2. The van der Waals surface area contributed by atoms with E-state index in [2.05, 4.69) is 25.7 Å². The Balaban J connectivity index is 0.00000161. The molecule has 1 aromatic rings. The zero-order valence-electron chi connectivity index (χ0n) is 12.8. The summed E-state index contributed by atoms with van der Waals surface area (Å²) in [6.45, 7) is 3.84. The molecule has 1 saturated carbocycles. The molecule has 1 fully saturated rings. The van der Waals surface area contributed by atoms with Crippen LogP contribution in [0.5, 0.6) is 0 Å². The Bertz CT molecular complexity index is 494. The van der Waals surface area contributed by atoms with Crippen molar-refractivity contribution in [2.24, 2.45) is 10.9 Å². The van der Waals surface area contributed by atoms with Gasteiger partial charge >= 0.3 is 0 Å². The van der Waals surface area contributed by atoms with Gasteiger partial charge in [0.15, 0.2) is 5.96 Å². The van der Waals surface area contributed by atoms with E-state index in [-0.39, 0.29) is 24.0 Å². The van der Waals surface area contributed by atoms with Crippen molar-refractivity contribution < 1.29 is 0 Å². The minimum Gasteiger partial charge on any atom is -0.356 e. The van der Waals surface area contributed by atoms with Gasteiger partial charge in [0.05, 0.1) is 6.54 Å². The fourth-order valence-corrected chi connectivity index (χ4v) is 2.74. The van der Waals surface area contributed by atoms with Crippen molar-refractivity contribution >= 4 is 29.9 Å². The molecule has 0 amide bonds. The third-order valence-corrected chi connectivity index (χ3v) is 4.07. The van der Waals surface area contributed by atoms with E-state index in [0.717, 1.165) is 49.5 Å². The fraction of sp³-hybridized carbons (Fsp3) is 0.786. The molecule has 0 aromatic carbocycles. The summed E-state index contributed by atoms with van der Waals surface area (Å²) in [5.74, 6) is 3.84. The average Bonchev–Trinajstić information content (AvgIpc) is 3.17. The predicted octanol–water partition coefficient (Wildman–Crippen LogP) is 1.48. The van der Waals surface area contributed by atoms with Crippen LogP contribution in [0.4, 0.5) is 0 Å². The van der Waals surface area contributed by atoms with Crippen molar-refractivity contribution in [3.63, 3.8) is 0 Å². The molecule has 7 heteroatoms. The van der Waals surface area contributed by atoms with Gasteiger partial charge in [0.2, 0.25) is 0 Å². The van der Waals surface area contributed by atoms with E-state index in [0.29, 0.717) is 6.04 Å². The first-order chi connectivity index (χ1) is 9.74. The lowest BCUT2D eigenvalue weighted by Gasteiger charge is -2.25. The number of nitrogens with zero attached hydrogens (tertiary/aromatic N) is 4. The van der Waals surface area contributed by atoms with Crippen molar-refractivity contribution in [2.75, 3.05) is 13.6 Å². The maximum Gasteiger partial charge on any atom is 0.191 e. The number of fused-ring (bicyclic) bond motifs is 1. The molecule has 2 N–H and O–H groups in total. The van der Waals surface area contributed by atoms with E-state index in [4.69, 9.17) is 0 Å². The second kappa shape index (κ2) is 7.42. The van der Waals surface area contributed by atoms with Crippen LogP contribution in [0.2, 0.25) is 0 Å². The highest BCUT2D eigenvalue weighted by Gasteiger charge is 2.22. The summed E-state index contributed by atoms with van der Waals surface area (Å²) >= 11 is 0. The molecule has 0 spiro atoms. The summed E-state index contributed by atoms with van der Waals surface area (Å²) < 4.78 is 2.02. The van der Waals surface area contributed by atoms with Crippen LogP contribution in [0.25, 0.3) is 0 Å². The van der Waals surface area contributed by atoms with Gasteiger partial charge in [-0.05, 0) is 25.7 Å². The molecule has 6 nitrogen and oxygen atoms in total. The Morgan fingerprint density at radius 1 is 1.38 bits per heavy atom. The van der Waals surface area contributed by atoms with E-state index >= 15 is 0 Å². The number of aliphatic imine (C=N–C) groups is 1. The molecule has 0 radical (unpaired) electrons. The van der Waals surface area contributed by atoms with E-state index in [1.54, 1.807) is 0 Å². The molecule has 2 heterocycles. The molecule has 1 aromatic heterocycles. The summed E-state index contributed by atoms with van der Waals surface area (Å²) in [7, 11) is 1.83. The maximum atomic E-state index is 4.44. The van der Waals surface area contributed by atoms with Gasteiger partial charge in [0, 0.05) is 26.1 Å². The largest absolute Gasteiger partial charge is 0.356 e. The fourth-order valence-electron chi connectivity index (χ4n) is 2.74. The number of aromatic nitrogens is 3. The SMILES string of the molecule is CN=C(NCCC1CC1)NC1CCc2nc(C)nn2C1.I. The van der Waals surface area contributed by atoms with E-state index in [1.807, 2.05) is 18.7 Å². The second-order valence-electron chi connectivity index (χ2n) is 5.87. The predicted molar refractivity (Wildman–Crippen MR) is 94.1 cm³/mol. The quantitative estimate of drug-likeness (QED) is 0.454. The van der Waals surface area contributed by atoms with Gasteiger partial charge in [-0.1, -0.05) is 12.8 Å². The van der Waals surface area contributed by atoms with Crippen molar-refractivity contribution in [3.8, 4) is 0 Å². The molecule has 1 aliphatic heterocycles. The Morgan fingerprint density at radius 2 is 2.19 bits per heavy atom. The van der Waals surface area contributed by atoms with Crippen LogP contribution in [-0.2, 0) is 13.0 Å². The third-order valence-electron chi connectivity index (χ3n) is 4.07. The van der Waals surface area contributed by atoms with Crippen LogP contribution >= 0.6 is 24.0 Å². The van der Waals surface area contributed by atoms with Crippen LogP contribution < -0.4 is 10.6 Å². The van der Waals surface area contributed by atoms with Crippen molar-refractivity contribution in [2.45, 2.75) is 51.6 Å². The summed E-state index contributed by atoms with van der Waals surface area (Å²) in [5.41, 5.74) is 0. The summed E-state index contributed by atoms with van der Waals surface area (Å²) in [6.07, 6.45) is 6.15. The van der Waals surface area contributed by atoms with Gasteiger partial charge in [-0.2, -0.15) is 5.10 Å². The van der Waals surface area contributed by atoms with Gasteiger partial charge in [0.25, 0.3) is 0 Å². The minimum atomic E-state index is 0. The summed E-state index contributed by atoms with van der Waals surface area (Å²) in [5, 5.41) is 11.3. The molecule has 2 aliphatic rings. The summed E-state index contributed by atoms with van der Waals surface area (Å²) in [6, 6.07) is 0.385. The third kappa shape index (κ3) is 4.55. The molecule has 1 unspecified atom stereocenters. The van der Waals surface area contributed by atoms with Crippen LogP contribution in [0.1, 0.15) is 37.3 Å². The van der Waals surface area contributed by atoms with Crippen LogP contribution in [0.3, 0.4) is 0 Å². The lowest BCUT2D eigenvalue weighted by atomic mass is 10.1. The standard InChI is InChI=1S/C14H24N6.HI/c1-10-17-13-6-5-12(9-20(13)19-10)18-14(15-2)16-8-7-11-3-4-11;/h11-12H,3-9H2,1-2H3,(H2,15,16,18);1H. The lowest BCUT2D eigenvalue weighted by Crippen LogP contribution is -2.47. The first kappa shape index (κ1) is 16.5. The zero-order valence-corrected chi connectivity index (χ0v) is 15.1. The Kier molecular flexibility index (Phi) is 5.83. The van der Waals surface area contributed by atoms with Gasteiger partial charge in [-0.25, -0.2) is 9.67 Å². The number of halogens is 1. The molecule has 1 aliphatic carbocycles. The Morgan fingerprint density at radius 3 is 2.90 bits per heavy atom. The molecule has 1 atom stereocenters. The number of nitrogens with one attached hydrogen (secondary N) is 2. The van der Waals surface area contributed by atoms with E-state index in [9.17, 15) is 0 Å². The molecule has 3 rings (SSSR count). The van der Waals surface area contributed by atoms with Crippen molar-refractivity contribution in [1.82, 2.24) is 25.4 Å². The Labute approximate surface area is 143 Å². The Hall–Kier alpha value is -0.860. The van der Waals surface area contributed by atoms with Crippen LogP contribution in [-0.4, -0.2) is 40.4 Å². The molecular weight excluding hydrogens is 379 g/mol. The number of rotatable bonds is 4. The highest BCUT2D eigenvalue weighted by molar-refractivity contribution is 14.0. The molecule has 0 saturated heterocycles. The number of aryl methyl sites for hydroxylation is 2. The zero-order chi connectivity index (χ0) is 13.9.